The van der Waals surface area contributed by atoms with Crippen LogP contribution in [0.25, 0.3) is 0 Å². The quantitative estimate of drug-likeness (QED) is 0.455. The van der Waals surface area contributed by atoms with Gasteiger partial charge >= 0.3 is 5.97 Å². The van der Waals surface area contributed by atoms with Gasteiger partial charge in [0.2, 0.25) is 11.8 Å². The summed E-state index contributed by atoms with van der Waals surface area (Å²) >= 11 is 1.21. The number of nitrogens with one attached hydrogen (secondary N) is 1. The van der Waals surface area contributed by atoms with Gasteiger partial charge in [-0.25, -0.2) is 4.98 Å². The van der Waals surface area contributed by atoms with Crippen LogP contribution >= 0.6 is 11.3 Å². The summed E-state index contributed by atoms with van der Waals surface area (Å²) in [6, 6.07) is 8.74. The second-order valence-corrected chi connectivity index (χ2v) is 9.24. The second-order valence-electron chi connectivity index (χ2n) is 8.39. The third-order valence-corrected chi connectivity index (χ3v) is 6.54. The molecule has 1 N–H and O–H groups in total. The van der Waals surface area contributed by atoms with Crippen molar-refractivity contribution in [3.05, 3.63) is 47.0 Å². The van der Waals surface area contributed by atoms with Crippen LogP contribution in [0.1, 0.15) is 35.8 Å². The molecule has 0 spiro atoms. The van der Waals surface area contributed by atoms with E-state index in [0.29, 0.717) is 49.1 Å². The number of rotatable bonds is 11. The fourth-order valence-electron chi connectivity index (χ4n) is 3.92. The molecule has 0 bridgehead atoms. The topological polar surface area (TPSA) is 118 Å². The molecule has 10 nitrogen and oxygen atoms in total. The Morgan fingerprint density at radius 2 is 2.00 bits per heavy atom. The molecule has 1 aromatic heterocycles. The molecule has 2 heterocycles. The predicted octanol–water partition coefficient (Wildman–Crippen LogP) is 2.21. The zero-order valence-corrected chi connectivity index (χ0v) is 21.4. The Bertz CT molecular complexity index is 1040. The molecule has 1 aliphatic heterocycles. The van der Waals surface area contributed by atoms with Crippen LogP contribution in [0.5, 0.6) is 0 Å². The van der Waals surface area contributed by atoms with Crippen molar-refractivity contribution in [2.45, 2.75) is 26.2 Å². The number of nitrogens with zero attached hydrogens (tertiary/aromatic N) is 3. The van der Waals surface area contributed by atoms with Crippen LogP contribution in [0.4, 0.5) is 5.13 Å². The molecule has 0 saturated carbocycles. The van der Waals surface area contributed by atoms with Gasteiger partial charge in [0.25, 0.3) is 5.91 Å². The molecular formula is C25H32N4O6S. The van der Waals surface area contributed by atoms with Gasteiger partial charge in [0.1, 0.15) is 6.54 Å². The standard InChI is InChI=1S/C25H32N4O6S/c1-3-35-24(33)19-10-7-11-28(15-19)22(31)14-20-17-36-25(26-20)27-21(30)16-29(12-13-34-2)23(32)18-8-5-4-6-9-18/h4-6,8-9,17,19H,3,7,10-16H2,1-2H3,(H,26,27,30). The lowest BCUT2D eigenvalue weighted by Crippen LogP contribution is -2.43. The van der Waals surface area contributed by atoms with E-state index in [1.165, 1.54) is 23.3 Å². The van der Waals surface area contributed by atoms with Gasteiger partial charge in [-0.2, -0.15) is 0 Å². The van der Waals surface area contributed by atoms with Crippen LogP contribution in [0.2, 0.25) is 0 Å². The number of amides is 3. The number of hydrogen-bond donors (Lipinski definition) is 1. The first-order valence-corrected chi connectivity index (χ1v) is 12.8. The Hall–Kier alpha value is -3.31. The summed E-state index contributed by atoms with van der Waals surface area (Å²) in [4.78, 5) is 57.8. The van der Waals surface area contributed by atoms with Gasteiger partial charge in [-0.1, -0.05) is 18.2 Å². The summed E-state index contributed by atoms with van der Waals surface area (Å²) in [6.07, 6.45) is 1.53. The predicted molar refractivity (Wildman–Crippen MR) is 135 cm³/mol. The molecule has 3 amide bonds. The molecule has 2 aromatic rings. The number of methoxy groups -OCH3 is 1. The molecule has 1 aliphatic rings. The monoisotopic (exact) mass is 516 g/mol. The zero-order chi connectivity index (χ0) is 25.9. The first kappa shape index (κ1) is 27.3. The van der Waals surface area contributed by atoms with Crippen molar-refractivity contribution in [1.29, 1.82) is 0 Å². The Kier molecular flexibility index (Phi) is 10.4. The Morgan fingerprint density at radius 1 is 1.22 bits per heavy atom. The van der Waals surface area contributed by atoms with Crippen LogP contribution < -0.4 is 5.32 Å². The highest BCUT2D eigenvalue weighted by Crippen LogP contribution is 2.21. The second kappa shape index (κ2) is 13.7. The highest BCUT2D eigenvalue weighted by Gasteiger charge is 2.29. The summed E-state index contributed by atoms with van der Waals surface area (Å²) in [5, 5.41) is 4.78. The van der Waals surface area contributed by atoms with Gasteiger partial charge < -0.3 is 24.6 Å². The van der Waals surface area contributed by atoms with E-state index >= 15 is 0 Å². The average Bonchev–Trinajstić information content (AvgIpc) is 3.33. The molecular weight excluding hydrogens is 484 g/mol. The number of anilines is 1. The fraction of sp³-hybridized carbons (Fsp3) is 0.480. The van der Waals surface area contributed by atoms with Gasteiger partial charge in [0, 0.05) is 37.7 Å². The van der Waals surface area contributed by atoms with Crippen molar-refractivity contribution in [1.82, 2.24) is 14.8 Å². The fourth-order valence-corrected chi connectivity index (χ4v) is 4.64. The Morgan fingerprint density at radius 3 is 2.72 bits per heavy atom. The smallest absolute Gasteiger partial charge is 0.310 e. The van der Waals surface area contributed by atoms with E-state index in [4.69, 9.17) is 9.47 Å². The van der Waals surface area contributed by atoms with E-state index in [-0.39, 0.29) is 43.2 Å². The normalized spacial score (nSPS) is 15.3. The number of carbonyl (C=O) groups excluding carboxylic acids is 4. The summed E-state index contributed by atoms with van der Waals surface area (Å²) in [5.41, 5.74) is 1.02. The Labute approximate surface area is 214 Å². The lowest BCUT2D eigenvalue weighted by molar-refractivity contribution is -0.151. The number of likely N-dealkylation sites (tertiary alicyclic amines) is 1. The Balaban J connectivity index is 1.54. The molecule has 1 atom stereocenters. The molecule has 36 heavy (non-hydrogen) atoms. The number of aromatic nitrogens is 1. The van der Waals surface area contributed by atoms with Gasteiger partial charge in [-0.3, -0.25) is 19.2 Å². The van der Waals surface area contributed by atoms with Gasteiger partial charge in [-0.05, 0) is 31.9 Å². The van der Waals surface area contributed by atoms with Crippen molar-refractivity contribution in [2.24, 2.45) is 5.92 Å². The number of hydrogen-bond acceptors (Lipinski definition) is 8. The number of piperidine rings is 1. The van der Waals surface area contributed by atoms with Crippen LogP contribution in [0, 0.1) is 5.92 Å². The van der Waals surface area contributed by atoms with E-state index in [1.807, 2.05) is 6.07 Å². The van der Waals surface area contributed by atoms with Gasteiger partial charge in [0.05, 0.1) is 31.2 Å². The van der Waals surface area contributed by atoms with Crippen molar-refractivity contribution in [3.8, 4) is 0 Å². The number of esters is 1. The molecule has 1 fully saturated rings. The lowest BCUT2D eigenvalue weighted by Gasteiger charge is -2.31. The number of ether oxygens (including phenoxy) is 2. The molecule has 1 aromatic carbocycles. The molecule has 0 radical (unpaired) electrons. The summed E-state index contributed by atoms with van der Waals surface area (Å²) < 4.78 is 10.2. The zero-order valence-electron chi connectivity index (χ0n) is 20.6. The molecule has 11 heteroatoms. The van der Waals surface area contributed by atoms with Gasteiger partial charge in [-0.15, -0.1) is 11.3 Å². The first-order valence-electron chi connectivity index (χ1n) is 11.9. The highest BCUT2D eigenvalue weighted by molar-refractivity contribution is 7.13. The molecule has 194 valence electrons. The minimum atomic E-state index is -0.393. The summed E-state index contributed by atoms with van der Waals surface area (Å²) in [6.45, 7) is 3.42. The van der Waals surface area contributed by atoms with E-state index in [0.717, 1.165) is 6.42 Å². The molecule has 0 aliphatic carbocycles. The van der Waals surface area contributed by atoms with Crippen molar-refractivity contribution in [2.75, 3.05) is 51.8 Å². The summed E-state index contributed by atoms with van der Waals surface area (Å²) in [7, 11) is 1.53. The number of benzene rings is 1. The third-order valence-electron chi connectivity index (χ3n) is 5.73. The minimum Gasteiger partial charge on any atom is -0.466 e. The number of thiazole rings is 1. The lowest BCUT2D eigenvalue weighted by atomic mass is 9.98. The number of carbonyl (C=O) groups is 4. The van der Waals surface area contributed by atoms with Crippen LogP contribution in [0.3, 0.4) is 0 Å². The summed E-state index contributed by atoms with van der Waals surface area (Å²) in [5.74, 6) is -1.34. The highest BCUT2D eigenvalue weighted by atomic mass is 32.1. The average molecular weight is 517 g/mol. The van der Waals surface area contributed by atoms with Crippen LogP contribution in [-0.4, -0.2) is 85.0 Å². The SMILES string of the molecule is CCOC(=O)C1CCCN(C(=O)Cc2csc(NC(=O)CN(CCOC)C(=O)c3ccccc3)n2)C1. The van der Waals surface area contributed by atoms with Gasteiger partial charge in [0.15, 0.2) is 5.13 Å². The van der Waals surface area contributed by atoms with Crippen LogP contribution in [0.15, 0.2) is 35.7 Å². The first-order chi connectivity index (χ1) is 17.4. The van der Waals surface area contributed by atoms with E-state index in [2.05, 4.69) is 10.3 Å². The largest absolute Gasteiger partial charge is 0.466 e. The molecule has 1 saturated heterocycles. The van der Waals surface area contributed by atoms with Crippen molar-refractivity contribution >= 4 is 40.2 Å². The van der Waals surface area contributed by atoms with E-state index in [1.54, 1.807) is 41.5 Å². The van der Waals surface area contributed by atoms with Crippen molar-refractivity contribution < 1.29 is 28.7 Å². The maximum Gasteiger partial charge on any atom is 0.310 e. The minimum absolute atomic E-state index is 0.0778. The van der Waals surface area contributed by atoms with E-state index < -0.39 is 5.91 Å². The maximum atomic E-state index is 12.8. The third kappa shape index (κ3) is 7.85. The maximum absolute atomic E-state index is 12.8. The molecule has 1 unspecified atom stereocenters. The molecule has 3 rings (SSSR count). The van der Waals surface area contributed by atoms with Crippen LogP contribution in [-0.2, 0) is 30.3 Å². The van der Waals surface area contributed by atoms with E-state index in [9.17, 15) is 19.2 Å². The van der Waals surface area contributed by atoms with Crippen molar-refractivity contribution in [3.63, 3.8) is 0 Å².